The van der Waals surface area contributed by atoms with Crippen LogP contribution < -0.4 is 4.90 Å². The van der Waals surface area contributed by atoms with Crippen molar-refractivity contribution in [3.8, 4) is 0 Å². The maximum atomic E-state index is 4.94. The molecule has 0 unspecified atom stereocenters. The molecule has 0 radical (unpaired) electrons. The normalized spacial score (nSPS) is 19.1. The van der Waals surface area contributed by atoms with Crippen LogP contribution in [0.1, 0.15) is 40.8 Å². The third-order valence-electron chi connectivity index (χ3n) is 7.02. The minimum Gasteiger partial charge on any atom is -0.339 e. The Bertz CT molecular complexity index is 1250. The average molecular weight is 475 g/mol. The zero-order valence-electron chi connectivity index (χ0n) is 19.5. The van der Waals surface area contributed by atoms with E-state index in [-0.39, 0.29) is 0 Å². The Morgan fingerprint density at radius 3 is 2.82 bits per heavy atom. The first-order valence-corrected chi connectivity index (χ1v) is 13.0. The second-order valence-corrected chi connectivity index (χ2v) is 10.2. The molecule has 0 spiro atoms. The molecule has 0 N–H and O–H groups in total. The summed E-state index contributed by atoms with van der Waals surface area (Å²) in [5.41, 5.74) is 4.65. The smallest absolute Gasteiger partial charge is 0.211 e. The van der Waals surface area contributed by atoms with Crippen LogP contribution in [0.5, 0.6) is 0 Å². The van der Waals surface area contributed by atoms with E-state index in [0.717, 1.165) is 69.4 Å². The number of anilines is 1. The van der Waals surface area contributed by atoms with E-state index in [9.17, 15) is 0 Å². The number of fused-ring (bicyclic) bond motifs is 2. The molecule has 2 aliphatic rings. The van der Waals surface area contributed by atoms with Crippen molar-refractivity contribution in [3.63, 3.8) is 0 Å². The standard InChI is InChI=1S/C25H30N8S/c1-30(21-6-2-4-19-5-3-8-27-24(19)21)16-20-17-33-22(29-20)7-9-28-25(33)32-13-11-31(12-14-32)18-23-26-10-15-34-23/h3,5,7-10,15,17,21H,2,4,6,11-14,16,18H2,1H3/t21-/m0/s1. The van der Waals surface area contributed by atoms with E-state index in [1.54, 1.807) is 11.3 Å². The van der Waals surface area contributed by atoms with E-state index in [4.69, 9.17) is 15.0 Å². The van der Waals surface area contributed by atoms with E-state index in [0.29, 0.717) is 6.04 Å². The molecule has 0 bridgehead atoms. The summed E-state index contributed by atoms with van der Waals surface area (Å²) in [6.07, 6.45) is 11.3. The third-order valence-corrected chi connectivity index (χ3v) is 7.78. The summed E-state index contributed by atoms with van der Waals surface area (Å²) in [6.45, 7) is 5.66. The Labute approximate surface area is 203 Å². The van der Waals surface area contributed by atoms with Gasteiger partial charge in [0.15, 0.2) is 0 Å². The fraction of sp³-hybridized carbons (Fsp3) is 0.440. The highest BCUT2D eigenvalue weighted by atomic mass is 32.1. The van der Waals surface area contributed by atoms with Crippen molar-refractivity contribution in [2.75, 3.05) is 38.1 Å². The summed E-state index contributed by atoms with van der Waals surface area (Å²) >= 11 is 1.73. The molecule has 4 aromatic heterocycles. The molecule has 5 heterocycles. The van der Waals surface area contributed by atoms with Crippen LogP contribution in [0, 0.1) is 0 Å². The number of piperazine rings is 1. The largest absolute Gasteiger partial charge is 0.339 e. The molecule has 4 aromatic rings. The molecule has 0 aromatic carbocycles. The Morgan fingerprint density at radius 1 is 1.06 bits per heavy atom. The van der Waals surface area contributed by atoms with Crippen molar-refractivity contribution in [3.05, 3.63) is 70.3 Å². The maximum absolute atomic E-state index is 4.94. The van der Waals surface area contributed by atoms with Gasteiger partial charge in [0.05, 0.1) is 24.0 Å². The number of pyridine rings is 1. The second kappa shape index (κ2) is 9.40. The Morgan fingerprint density at radius 2 is 1.97 bits per heavy atom. The van der Waals surface area contributed by atoms with Crippen LogP contribution >= 0.6 is 11.3 Å². The summed E-state index contributed by atoms with van der Waals surface area (Å²) in [5.74, 6) is 0.984. The minimum atomic E-state index is 0.346. The van der Waals surface area contributed by atoms with Gasteiger partial charge in [-0.15, -0.1) is 11.3 Å². The first kappa shape index (κ1) is 21.6. The van der Waals surface area contributed by atoms with Gasteiger partial charge in [0.25, 0.3) is 0 Å². The fourth-order valence-corrected chi connectivity index (χ4v) is 5.93. The highest BCUT2D eigenvalue weighted by Gasteiger charge is 2.26. The van der Waals surface area contributed by atoms with Gasteiger partial charge in [-0.25, -0.2) is 15.0 Å². The first-order chi connectivity index (χ1) is 16.7. The Hall–Kier alpha value is -2.88. The zero-order chi connectivity index (χ0) is 22.9. The van der Waals surface area contributed by atoms with Gasteiger partial charge in [0.1, 0.15) is 10.7 Å². The predicted molar refractivity (Wildman–Crippen MR) is 134 cm³/mol. The maximum Gasteiger partial charge on any atom is 0.211 e. The number of hydrogen-bond acceptors (Lipinski definition) is 8. The fourth-order valence-electron chi connectivity index (χ4n) is 5.27. The lowest BCUT2D eigenvalue weighted by Gasteiger charge is -2.34. The summed E-state index contributed by atoms with van der Waals surface area (Å²) in [7, 11) is 2.19. The highest BCUT2D eigenvalue weighted by Crippen LogP contribution is 2.32. The molecule has 6 rings (SSSR count). The van der Waals surface area contributed by atoms with E-state index in [2.05, 4.69) is 49.5 Å². The van der Waals surface area contributed by atoms with Gasteiger partial charge < -0.3 is 4.90 Å². The summed E-state index contributed by atoms with van der Waals surface area (Å²) in [6, 6.07) is 6.63. The molecule has 1 saturated heterocycles. The summed E-state index contributed by atoms with van der Waals surface area (Å²) in [5, 5.41) is 3.24. The van der Waals surface area contributed by atoms with Gasteiger partial charge in [-0.1, -0.05) is 6.07 Å². The SMILES string of the molecule is CN(Cc1cn2c(N3CCN(Cc4nccs4)CC3)nccc2n1)[C@H]1CCCc2cccnc21. The average Bonchev–Trinajstić information content (AvgIpc) is 3.53. The lowest BCUT2D eigenvalue weighted by molar-refractivity contribution is 0.206. The first-order valence-electron chi connectivity index (χ1n) is 12.1. The summed E-state index contributed by atoms with van der Waals surface area (Å²) in [4.78, 5) is 26.1. The topological polar surface area (TPSA) is 65.7 Å². The lowest BCUT2D eigenvalue weighted by Crippen LogP contribution is -2.46. The molecule has 0 amide bonds. The van der Waals surface area contributed by atoms with E-state index in [1.165, 1.54) is 22.7 Å². The van der Waals surface area contributed by atoms with Gasteiger partial charge in [0, 0.05) is 62.9 Å². The van der Waals surface area contributed by atoms with Crippen LogP contribution in [0.25, 0.3) is 5.65 Å². The number of hydrogen-bond donors (Lipinski definition) is 0. The van der Waals surface area contributed by atoms with Crippen molar-refractivity contribution in [1.29, 1.82) is 0 Å². The van der Waals surface area contributed by atoms with E-state index >= 15 is 0 Å². The molecule has 8 nitrogen and oxygen atoms in total. The predicted octanol–water partition coefficient (Wildman–Crippen LogP) is 3.41. The van der Waals surface area contributed by atoms with Crippen LogP contribution in [0.2, 0.25) is 0 Å². The van der Waals surface area contributed by atoms with Crippen molar-refractivity contribution in [2.24, 2.45) is 0 Å². The van der Waals surface area contributed by atoms with E-state index in [1.807, 2.05) is 30.0 Å². The lowest BCUT2D eigenvalue weighted by atomic mass is 9.91. The number of thiazole rings is 1. The molecular formula is C25H30N8S. The van der Waals surface area contributed by atoms with Gasteiger partial charge in [-0.05, 0) is 44.0 Å². The Kier molecular flexibility index (Phi) is 5.98. The number of nitrogens with zero attached hydrogens (tertiary/aromatic N) is 8. The quantitative estimate of drug-likeness (QED) is 0.424. The van der Waals surface area contributed by atoms with Crippen molar-refractivity contribution in [2.45, 2.75) is 38.4 Å². The highest BCUT2D eigenvalue weighted by molar-refractivity contribution is 7.09. The number of imidazole rings is 1. The molecule has 1 aliphatic carbocycles. The van der Waals surface area contributed by atoms with Crippen LogP contribution in [0.3, 0.4) is 0 Å². The van der Waals surface area contributed by atoms with Gasteiger partial charge >= 0.3 is 0 Å². The van der Waals surface area contributed by atoms with Gasteiger partial charge in [-0.2, -0.15) is 0 Å². The van der Waals surface area contributed by atoms with Crippen LogP contribution in [0.15, 0.2) is 48.4 Å². The molecule has 0 saturated carbocycles. The second-order valence-electron chi connectivity index (χ2n) is 9.27. The summed E-state index contributed by atoms with van der Waals surface area (Å²) < 4.78 is 2.16. The third kappa shape index (κ3) is 4.31. The molecule has 1 atom stereocenters. The molecule has 1 fully saturated rings. The number of rotatable bonds is 6. The molecule has 176 valence electrons. The van der Waals surface area contributed by atoms with Gasteiger partial charge in [0.2, 0.25) is 5.95 Å². The van der Waals surface area contributed by atoms with Crippen LogP contribution in [0.4, 0.5) is 5.95 Å². The van der Waals surface area contributed by atoms with Crippen molar-refractivity contribution >= 4 is 22.9 Å². The molecule has 9 heteroatoms. The number of aromatic nitrogens is 5. The van der Waals surface area contributed by atoms with Crippen molar-refractivity contribution < 1.29 is 0 Å². The van der Waals surface area contributed by atoms with Gasteiger partial charge in [-0.3, -0.25) is 19.2 Å². The molecule has 34 heavy (non-hydrogen) atoms. The van der Waals surface area contributed by atoms with E-state index < -0.39 is 0 Å². The number of aryl methyl sites for hydroxylation is 1. The molecular weight excluding hydrogens is 444 g/mol. The van der Waals surface area contributed by atoms with Crippen LogP contribution in [-0.4, -0.2) is 67.4 Å². The Balaban J connectivity index is 1.16. The van der Waals surface area contributed by atoms with Crippen molar-refractivity contribution in [1.82, 2.24) is 34.1 Å². The minimum absolute atomic E-state index is 0.346. The zero-order valence-corrected chi connectivity index (χ0v) is 20.4. The monoisotopic (exact) mass is 474 g/mol. The van der Waals surface area contributed by atoms with Crippen LogP contribution in [-0.2, 0) is 19.5 Å². The molecule has 1 aliphatic heterocycles.